The second-order valence-electron chi connectivity index (χ2n) is 5.81. The predicted molar refractivity (Wildman–Crippen MR) is 100 cm³/mol. The lowest BCUT2D eigenvalue weighted by molar-refractivity contribution is 0.0594. The van der Waals surface area contributed by atoms with E-state index < -0.39 is 5.97 Å². The molecular formula is C21H25NO4. The minimum Gasteiger partial charge on any atom is -0.464 e. The smallest absolute Gasteiger partial charge is 0.360 e. The van der Waals surface area contributed by atoms with E-state index in [4.69, 9.17) is 15.6 Å². The van der Waals surface area contributed by atoms with E-state index in [9.17, 15) is 4.79 Å². The number of carbonyl (C=O) groups is 1. The van der Waals surface area contributed by atoms with Crippen molar-refractivity contribution in [1.82, 2.24) is 4.98 Å². The molecule has 5 nitrogen and oxygen atoms in total. The number of rotatable bonds is 8. The molecule has 0 aliphatic carbocycles. The van der Waals surface area contributed by atoms with Gasteiger partial charge in [-0.1, -0.05) is 31.8 Å². The fourth-order valence-corrected chi connectivity index (χ4v) is 1.97. The van der Waals surface area contributed by atoms with Gasteiger partial charge in [0.05, 0.1) is 19.6 Å². The number of ether oxygens (including phenoxy) is 2. The first-order chi connectivity index (χ1) is 12.5. The number of allylic oxidation sites excluding steroid dienone is 3. The maximum Gasteiger partial charge on any atom is 0.360 e. The Balaban J connectivity index is 2.49. The van der Waals surface area contributed by atoms with E-state index in [0.717, 1.165) is 6.42 Å². The summed E-state index contributed by atoms with van der Waals surface area (Å²) in [7, 11) is 2.88. The zero-order valence-electron chi connectivity index (χ0n) is 15.7. The zero-order valence-corrected chi connectivity index (χ0v) is 15.7. The molecule has 1 aromatic rings. The molecule has 0 aromatic carbocycles. The van der Waals surface area contributed by atoms with E-state index in [0.29, 0.717) is 18.2 Å². The fraction of sp³-hybridized carbons (Fsp3) is 0.429. The van der Waals surface area contributed by atoms with E-state index in [1.165, 1.54) is 13.4 Å². The van der Waals surface area contributed by atoms with Crippen molar-refractivity contribution in [3.63, 3.8) is 0 Å². The molecule has 0 aliphatic heterocycles. The van der Waals surface area contributed by atoms with Crippen LogP contribution in [0.5, 0.6) is 0 Å². The first kappa shape index (κ1) is 21.3. The number of terminal acetylenes is 1. The Bertz CT molecular complexity index is 727. The van der Waals surface area contributed by atoms with Gasteiger partial charge < -0.3 is 13.9 Å². The van der Waals surface area contributed by atoms with Crippen LogP contribution in [0.4, 0.5) is 0 Å². The molecule has 1 heterocycles. The highest BCUT2D eigenvalue weighted by atomic mass is 16.5. The standard InChI is InChI=1S/C21H25NO4/c1-6-16(2)17(3)12-10-8-7-9-11-13-18(24-4)14-20-22-19(15-26-20)21(23)25-5/h1,8,10-11,13,15-18H,12,14H2,2-5H3/b10-8-,13-11+/t16-,17-,18-/m0/s1. The van der Waals surface area contributed by atoms with E-state index in [1.54, 1.807) is 13.2 Å². The van der Waals surface area contributed by atoms with Crippen LogP contribution >= 0.6 is 0 Å². The Labute approximate surface area is 155 Å². The average molecular weight is 355 g/mol. The van der Waals surface area contributed by atoms with Gasteiger partial charge in [-0.2, -0.15) is 0 Å². The molecule has 0 spiro atoms. The average Bonchev–Trinajstić information content (AvgIpc) is 3.13. The highest BCUT2D eigenvalue weighted by Gasteiger charge is 2.14. The summed E-state index contributed by atoms with van der Waals surface area (Å²) in [5.41, 5.74) is 0.139. The van der Waals surface area contributed by atoms with Crippen molar-refractivity contribution in [2.75, 3.05) is 14.2 Å². The van der Waals surface area contributed by atoms with Crippen molar-refractivity contribution < 1.29 is 18.7 Å². The molecule has 0 radical (unpaired) electrons. The molecule has 0 saturated carbocycles. The molecule has 0 amide bonds. The number of hydrogen-bond acceptors (Lipinski definition) is 5. The van der Waals surface area contributed by atoms with E-state index in [-0.39, 0.29) is 17.7 Å². The minimum atomic E-state index is -0.534. The van der Waals surface area contributed by atoms with Gasteiger partial charge in [-0.15, -0.1) is 12.3 Å². The third-order valence-corrected chi connectivity index (χ3v) is 3.93. The van der Waals surface area contributed by atoms with Gasteiger partial charge in [0, 0.05) is 13.0 Å². The summed E-state index contributed by atoms with van der Waals surface area (Å²) < 4.78 is 15.2. The highest BCUT2D eigenvalue weighted by Crippen LogP contribution is 2.14. The van der Waals surface area contributed by atoms with E-state index in [1.807, 2.05) is 25.2 Å². The number of methoxy groups -OCH3 is 2. The second kappa shape index (κ2) is 11.7. The van der Waals surface area contributed by atoms with Crippen LogP contribution in [-0.2, 0) is 15.9 Å². The summed E-state index contributed by atoms with van der Waals surface area (Å²) in [6, 6.07) is 0. The number of nitrogens with zero attached hydrogens (tertiary/aromatic N) is 1. The molecule has 0 N–H and O–H groups in total. The van der Waals surface area contributed by atoms with Crippen molar-refractivity contribution in [3.05, 3.63) is 42.2 Å². The van der Waals surface area contributed by atoms with Gasteiger partial charge in [0.1, 0.15) is 6.26 Å². The lowest BCUT2D eigenvalue weighted by atomic mass is 9.94. The summed E-state index contributed by atoms with van der Waals surface area (Å²) in [4.78, 5) is 15.4. The van der Waals surface area contributed by atoms with Crippen LogP contribution in [0.3, 0.4) is 0 Å². The van der Waals surface area contributed by atoms with Crippen molar-refractivity contribution in [3.8, 4) is 24.2 Å². The zero-order chi connectivity index (χ0) is 19.4. The van der Waals surface area contributed by atoms with Gasteiger partial charge in [-0.3, -0.25) is 0 Å². The van der Waals surface area contributed by atoms with Gasteiger partial charge in [0.25, 0.3) is 0 Å². The maximum atomic E-state index is 11.4. The van der Waals surface area contributed by atoms with Crippen LogP contribution in [0.1, 0.15) is 36.6 Å². The van der Waals surface area contributed by atoms with E-state index >= 15 is 0 Å². The SMILES string of the molecule is C#C[C@H](C)[C@@H](C)C/C=C\C#C/C=C/[C@@H](Cc1nc(C(=O)OC)co1)OC. The molecule has 5 heteroatoms. The Hall–Kier alpha value is -2.76. The van der Waals surface area contributed by atoms with Crippen molar-refractivity contribution >= 4 is 5.97 Å². The number of aromatic nitrogens is 1. The Kier molecular flexibility index (Phi) is 9.61. The molecule has 0 aliphatic rings. The first-order valence-corrected chi connectivity index (χ1v) is 8.36. The van der Waals surface area contributed by atoms with Gasteiger partial charge in [0.15, 0.2) is 11.6 Å². The molecule has 26 heavy (non-hydrogen) atoms. The molecule has 0 bridgehead atoms. The summed E-state index contributed by atoms with van der Waals surface area (Å²) in [5.74, 6) is 9.16. The number of oxazole rings is 1. The molecule has 1 rings (SSSR count). The monoisotopic (exact) mass is 355 g/mol. The van der Waals surface area contributed by atoms with Crippen LogP contribution in [-0.4, -0.2) is 31.3 Å². The summed E-state index contributed by atoms with van der Waals surface area (Å²) in [6.07, 6.45) is 15.1. The lowest BCUT2D eigenvalue weighted by Gasteiger charge is -2.10. The van der Waals surface area contributed by atoms with Crippen LogP contribution in [0.15, 0.2) is 35.0 Å². The van der Waals surface area contributed by atoms with Crippen LogP contribution in [0.2, 0.25) is 0 Å². The predicted octanol–water partition coefficient (Wildman–Crippen LogP) is 3.43. The second-order valence-corrected chi connectivity index (χ2v) is 5.81. The normalized spacial score (nSPS) is 14.4. The molecule has 3 atom stereocenters. The molecule has 1 aromatic heterocycles. The van der Waals surface area contributed by atoms with Crippen LogP contribution in [0.25, 0.3) is 0 Å². The third-order valence-electron chi connectivity index (χ3n) is 3.93. The summed E-state index contributed by atoms with van der Waals surface area (Å²) in [5, 5.41) is 0. The van der Waals surface area contributed by atoms with Gasteiger partial charge >= 0.3 is 5.97 Å². The van der Waals surface area contributed by atoms with Crippen molar-refractivity contribution in [1.29, 1.82) is 0 Å². The van der Waals surface area contributed by atoms with E-state index in [2.05, 4.69) is 34.4 Å². The fourth-order valence-electron chi connectivity index (χ4n) is 1.97. The number of esters is 1. The largest absolute Gasteiger partial charge is 0.464 e. The molecule has 0 unspecified atom stereocenters. The number of carbonyl (C=O) groups excluding carboxylic acids is 1. The van der Waals surface area contributed by atoms with Crippen molar-refractivity contribution in [2.24, 2.45) is 11.8 Å². The van der Waals surface area contributed by atoms with Gasteiger partial charge in [-0.25, -0.2) is 9.78 Å². The Morgan fingerprint density at radius 1 is 1.35 bits per heavy atom. The Morgan fingerprint density at radius 3 is 2.73 bits per heavy atom. The number of hydrogen-bond donors (Lipinski definition) is 0. The van der Waals surface area contributed by atoms with Crippen molar-refractivity contribution in [2.45, 2.75) is 32.8 Å². The molecule has 0 fully saturated rings. The van der Waals surface area contributed by atoms with Crippen LogP contribution < -0.4 is 0 Å². The third kappa shape index (κ3) is 7.42. The first-order valence-electron chi connectivity index (χ1n) is 8.36. The molecular weight excluding hydrogens is 330 g/mol. The molecule has 0 saturated heterocycles. The van der Waals surface area contributed by atoms with Crippen LogP contribution in [0, 0.1) is 36.0 Å². The lowest BCUT2D eigenvalue weighted by Crippen LogP contribution is -2.11. The minimum absolute atomic E-state index is 0.139. The topological polar surface area (TPSA) is 61.6 Å². The van der Waals surface area contributed by atoms with Gasteiger partial charge in [-0.05, 0) is 30.6 Å². The summed E-state index contributed by atoms with van der Waals surface area (Å²) >= 11 is 0. The maximum absolute atomic E-state index is 11.4. The summed E-state index contributed by atoms with van der Waals surface area (Å²) in [6.45, 7) is 4.17. The van der Waals surface area contributed by atoms with Gasteiger partial charge in [0.2, 0.25) is 0 Å². The quantitative estimate of drug-likeness (QED) is 0.528. The molecule has 138 valence electrons. The highest BCUT2D eigenvalue weighted by molar-refractivity contribution is 5.86. The Morgan fingerprint density at radius 2 is 2.08 bits per heavy atom.